The van der Waals surface area contributed by atoms with Crippen LogP contribution < -0.4 is 4.74 Å². The molecule has 0 N–H and O–H groups in total. The van der Waals surface area contributed by atoms with Gasteiger partial charge in [-0.3, -0.25) is 4.90 Å². The van der Waals surface area contributed by atoms with Crippen LogP contribution in [0.4, 0.5) is 4.79 Å². The lowest BCUT2D eigenvalue weighted by atomic mass is 9.98. The highest BCUT2D eigenvalue weighted by molar-refractivity contribution is 14.1. The second-order valence-electron chi connectivity index (χ2n) is 6.37. The molecule has 0 saturated carbocycles. The van der Waals surface area contributed by atoms with Crippen molar-refractivity contribution in [3.63, 3.8) is 0 Å². The van der Waals surface area contributed by atoms with Crippen LogP contribution in [0.1, 0.15) is 25.0 Å². The molecule has 0 aliphatic carbocycles. The van der Waals surface area contributed by atoms with Crippen molar-refractivity contribution in [2.45, 2.75) is 25.9 Å². The predicted octanol–water partition coefficient (Wildman–Crippen LogP) is 5.23. The predicted molar refractivity (Wildman–Crippen MR) is 106 cm³/mol. The molecule has 1 saturated heterocycles. The minimum absolute atomic E-state index is 0.319. The Kier molecular flexibility index (Phi) is 5.03. The molecular weight excluding hydrogens is 429 g/mol. The second kappa shape index (κ2) is 7.07. The third-order valence-corrected chi connectivity index (χ3v) is 5.48. The third-order valence-electron chi connectivity index (χ3n) is 4.37. The van der Waals surface area contributed by atoms with Gasteiger partial charge in [-0.05, 0) is 59.7 Å². The molecule has 25 heavy (non-hydrogen) atoms. The van der Waals surface area contributed by atoms with Crippen LogP contribution in [-0.2, 0) is 11.3 Å². The molecule has 4 nitrogen and oxygen atoms in total. The van der Waals surface area contributed by atoms with Gasteiger partial charge in [0.1, 0.15) is 17.0 Å². The molecule has 1 amide bonds. The van der Waals surface area contributed by atoms with E-state index in [4.69, 9.17) is 9.47 Å². The molecule has 1 aliphatic heterocycles. The summed E-state index contributed by atoms with van der Waals surface area (Å²) in [6.07, 6.45) is -0.319. The van der Waals surface area contributed by atoms with Crippen LogP contribution in [0.3, 0.4) is 0 Å². The average Bonchev–Trinajstić information content (AvgIpc) is 2.85. The lowest BCUT2D eigenvalue weighted by Crippen LogP contribution is -2.40. The normalized spacial score (nSPS) is 18.1. The summed E-state index contributed by atoms with van der Waals surface area (Å²) in [5.74, 6) is 1.49. The van der Waals surface area contributed by atoms with Crippen molar-refractivity contribution < 1.29 is 14.3 Å². The maximum Gasteiger partial charge on any atom is 0.416 e. The Morgan fingerprint density at radius 1 is 1.12 bits per heavy atom. The topological polar surface area (TPSA) is 38.8 Å². The van der Waals surface area contributed by atoms with Crippen molar-refractivity contribution in [3.8, 4) is 5.75 Å². The molecule has 0 unspecified atom stereocenters. The molecule has 2 aromatic rings. The van der Waals surface area contributed by atoms with Crippen molar-refractivity contribution in [1.29, 1.82) is 0 Å². The number of halogens is 1. The Bertz CT molecular complexity index is 797. The molecule has 0 spiro atoms. The van der Waals surface area contributed by atoms with Crippen LogP contribution >= 0.6 is 22.6 Å². The van der Waals surface area contributed by atoms with Crippen molar-refractivity contribution in [1.82, 2.24) is 4.90 Å². The first-order chi connectivity index (χ1) is 11.9. The fraction of sp³-hybridized carbons (Fsp3) is 0.250. The SMILES string of the molecule is COc1ccc(CN2C(=O)O/C(=C(/I)c3ccccc3)C2(C)C)cc1. The lowest BCUT2D eigenvalue weighted by molar-refractivity contribution is 0.154. The van der Waals surface area contributed by atoms with E-state index in [9.17, 15) is 4.79 Å². The average molecular weight is 449 g/mol. The molecule has 1 heterocycles. The van der Waals surface area contributed by atoms with Gasteiger partial charge in [0.15, 0.2) is 0 Å². The van der Waals surface area contributed by atoms with Gasteiger partial charge in [-0.1, -0.05) is 42.5 Å². The van der Waals surface area contributed by atoms with E-state index in [1.807, 2.05) is 68.4 Å². The van der Waals surface area contributed by atoms with Crippen LogP contribution in [0.2, 0.25) is 0 Å². The number of rotatable bonds is 4. The Balaban J connectivity index is 1.90. The highest BCUT2D eigenvalue weighted by atomic mass is 127. The van der Waals surface area contributed by atoms with Crippen LogP contribution in [0.25, 0.3) is 3.58 Å². The van der Waals surface area contributed by atoms with E-state index < -0.39 is 5.54 Å². The van der Waals surface area contributed by atoms with Crippen molar-refractivity contribution in [2.75, 3.05) is 7.11 Å². The summed E-state index contributed by atoms with van der Waals surface area (Å²) < 4.78 is 11.8. The molecule has 1 aliphatic rings. The highest BCUT2D eigenvalue weighted by Crippen LogP contribution is 2.41. The number of cyclic esters (lactones) is 1. The summed E-state index contributed by atoms with van der Waals surface area (Å²) >= 11 is 2.25. The van der Waals surface area contributed by atoms with Gasteiger partial charge in [-0.25, -0.2) is 4.79 Å². The molecule has 0 aromatic heterocycles. The van der Waals surface area contributed by atoms with Gasteiger partial charge in [-0.15, -0.1) is 0 Å². The molecule has 0 radical (unpaired) electrons. The molecule has 130 valence electrons. The van der Waals surface area contributed by atoms with E-state index in [0.29, 0.717) is 12.3 Å². The van der Waals surface area contributed by atoms with Gasteiger partial charge >= 0.3 is 6.09 Å². The van der Waals surface area contributed by atoms with Gasteiger partial charge in [0, 0.05) is 0 Å². The maximum absolute atomic E-state index is 12.5. The molecular formula is C20H20INO3. The number of ether oxygens (including phenoxy) is 2. The Morgan fingerprint density at radius 2 is 1.76 bits per heavy atom. The number of methoxy groups -OCH3 is 1. The quantitative estimate of drug-likeness (QED) is 0.601. The first kappa shape index (κ1) is 17.8. The third kappa shape index (κ3) is 3.51. The lowest BCUT2D eigenvalue weighted by Gasteiger charge is -2.29. The minimum atomic E-state index is -0.524. The zero-order valence-electron chi connectivity index (χ0n) is 14.5. The van der Waals surface area contributed by atoms with E-state index in [-0.39, 0.29) is 6.09 Å². The van der Waals surface area contributed by atoms with Crippen LogP contribution in [0, 0.1) is 0 Å². The Hall–Kier alpha value is -2.02. The summed E-state index contributed by atoms with van der Waals surface area (Å²) in [5.41, 5.74) is 1.55. The zero-order valence-corrected chi connectivity index (χ0v) is 16.6. The van der Waals surface area contributed by atoms with E-state index in [2.05, 4.69) is 22.6 Å². The van der Waals surface area contributed by atoms with Crippen LogP contribution in [0.5, 0.6) is 5.75 Å². The fourth-order valence-corrected chi connectivity index (χ4v) is 3.95. The molecule has 5 heteroatoms. The van der Waals surface area contributed by atoms with Gasteiger partial charge in [-0.2, -0.15) is 0 Å². The molecule has 1 fully saturated rings. The van der Waals surface area contributed by atoms with Gasteiger partial charge < -0.3 is 9.47 Å². The standard InChI is InChI=1S/C20H20INO3/c1-20(2)18(17(21)15-7-5-4-6-8-15)25-19(23)22(20)13-14-9-11-16(24-3)12-10-14/h4-12H,13H2,1-3H3/b18-17+. The van der Waals surface area contributed by atoms with Crippen molar-refractivity contribution in [2.24, 2.45) is 0 Å². The van der Waals surface area contributed by atoms with E-state index >= 15 is 0 Å². The largest absolute Gasteiger partial charge is 0.497 e. The van der Waals surface area contributed by atoms with E-state index in [1.165, 1.54) is 0 Å². The van der Waals surface area contributed by atoms with Gasteiger partial charge in [0.05, 0.1) is 17.2 Å². The van der Waals surface area contributed by atoms with Crippen LogP contribution in [-0.4, -0.2) is 23.6 Å². The Labute approximate surface area is 161 Å². The zero-order chi connectivity index (χ0) is 18.0. The van der Waals surface area contributed by atoms with Gasteiger partial charge in [0.25, 0.3) is 0 Å². The fourth-order valence-electron chi connectivity index (χ4n) is 2.82. The smallest absolute Gasteiger partial charge is 0.416 e. The minimum Gasteiger partial charge on any atom is -0.497 e. The first-order valence-corrected chi connectivity index (χ1v) is 9.09. The molecule has 2 aromatic carbocycles. The number of hydrogen-bond donors (Lipinski definition) is 0. The number of nitrogens with zero attached hydrogens (tertiary/aromatic N) is 1. The number of benzene rings is 2. The number of hydrogen-bond acceptors (Lipinski definition) is 3. The molecule has 0 atom stereocenters. The number of carbonyl (C=O) groups excluding carboxylic acids is 1. The molecule has 3 rings (SSSR count). The summed E-state index contributed by atoms with van der Waals surface area (Å²) in [6.45, 7) is 4.51. The number of carbonyl (C=O) groups is 1. The highest BCUT2D eigenvalue weighted by Gasteiger charge is 2.46. The summed E-state index contributed by atoms with van der Waals surface area (Å²) in [6, 6.07) is 17.7. The van der Waals surface area contributed by atoms with E-state index in [1.54, 1.807) is 12.0 Å². The van der Waals surface area contributed by atoms with Crippen LogP contribution in [0.15, 0.2) is 60.4 Å². The van der Waals surface area contributed by atoms with Crippen molar-refractivity contribution in [3.05, 3.63) is 71.5 Å². The summed E-state index contributed by atoms with van der Waals surface area (Å²) in [7, 11) is 1.64. The van der Waals surface area contributed by atoms with Gasteiger partial charge in [0.2, 0.25) is 0 Å². The second-order valence-corrected chi connectivity index (χ2v) is 7.45. The summed E-state index contributed by atoms with van der Waals surface area (Å²) in [5, 5.41) is 0. The molecule has 0 bridgehead atoms. The maximum atomic E-state index is 12.5. The first-order valence-electron chi connectivity index (χ1n) is 8.01. The van der Waals surface area contributed by atoms with Crippen molar-refractivity contribution >= 4 is 32.3 Å². The monoisotopic (exact) mass is 449 g/mol. The summed E-state index contributed by atoms with van der Waals surface area (Å²) in [4.78, 5) is 14.3. The number of amides is 1. The van der Waals surface area contributed by atoms with E-state index in [0.717, 1.165) is 20.5 Å². The Morgan fingerprint density at radius 3 is 2.36 bits per heavy atom.